The molecular formula is C12H11BrClF2N3OS. The molecule has 0 radical (unpaired) electrons. The van der Waals surface area contributed by atoms with Gasteiger partial charge in [0, 0.05) is 4.47 Å². The molecule has 0 amide bonds. The monoisotopic (exact) mass is 397 g/mol. The van der Waals surface area contributed by atoms with Crippen molar-refractivity contribution >= 4 is 55.2 Å². The van der Waals surface area contributed by atoms with Crippen molar-refractivity contribution in [3.05, 3.63) is 21.6 Å². The lowest BCUT2D eigenvalue weighted by molar-refractivity contribution is 0.123. The molecule has 3 rings (SSSR count). The zero-order valence-corrected chi connectivity index (χ0v) is 13.8. The molecule has 1 aromatic carbocycles. The van der Waals surface area contributed by atoms with Crippen LogP contribution < -0.4 is 4.72 Å². The molecule has 1 atom stereocenters. The van der Waals surface area contributed by atoms with Crippen LogP contribution in [0.3, 0.4) is 0 Å². The molecule has 1 saturated carbocycles. The smallest absolute Gasteiger partial charge is 0.257 e. The molecule has 1 aliphatic rings. The maximum absolute atomic E-state index is 12.7. The van der Waals surface area contributed by atoms with E-state index in [0.29, 0.717) is 20.4 Å². The summed E-state index contributed by atoms with van der Waals surface area (Å²) in [6.07, 6.45) is -0.750. The van der Waals surface area contributed by atoms with Gasteiger partial charge in [0.2, 0.25) is 0 Å². The van der Waals surface area contributed by atoms with Gasteiger partial charge in [-0.1, -0.05) is 11.6 Å². The lowest BCUT2D eigenvalue weighted by Gasteiger charge is -2.04. The van der Waals surface area contributed by atoms with Gasteiger partial charge in [-0.3, -0.25) is 9.40 Å². The van der Waals surface area contributed by atoms with E-state index >= 15 is 0 Å². The van der Waals surface area contributed by atoms with E-state index < -0.39 is 24.0 Å². The third-order valence-electron chi connectivity index (χ3n) is 3.13. The van der Waals surface area contributed by atoms with Crippen LogP contribution in [0.25, 0.3) is 10.9 Å². The van der Waals surface area contributed by atoms with Gasteiger partial charge in [0.15, 0.2) is 5.82 Å². The highest BCUT2D eigenvalue weighted by molar-refractivity contribution is 9.10. The van der Waals surface area contributed by atoms with Gasteiger partial charge in [-0.25, -0.2) is 13.0 Å². The summed E-state index contributed by atoms with van der Waals surface area (Å²) in [6, 6.07) is 3.32. The second kappa shape index (κ2) is 5.81. The van der Waals surface area contributed by atoms with Crippen LogP contribution >= 0.6 is 27.5 Å². The molecule has 0 aliphatic heterocycles. The summed E-state index contributed by atoms with van der Waals surface area (Å²) in [7, 11) is -1.27. The second-order valence-corrected chi connectivity index (χ2v) is 7.50. The maximum atomic E-state index is 12.7. The molecule has 2 aromatic rings. The highest BCUT2D eigenvalue weighted by Gasteiger charge is 2.30. The number of rotatable bonds is 5. The number of fused-ring (bicyclic) bond motifs is 1. The molecule has 0 saturated heterocycles. The van der Waals surface area contributed by atoms with E-state index in [4.69, 9.17) is 11.6 Å². The Morgan fingerprint density at radius 2 is 2.24 bits per heavy atom. The third-order valence-corrected chi connectivity index (χ3v) is 5.56. The van der Waals surface area contributed by atoms with Crippen molar-refractivity contribution in [2.75, 3.05) is 4.72 Å². The first kappa shape index (κ1) is 15.2. The SMILES string of the molecule is O=S(Nc1nn(CC(F)F)c2c(Br)ccc(Cl)c12)C1CC1. The zero-order chi connectivity index (χ0) is 15.1. The van der Waals surface area contributed by atoms with Crippen molar-refractivity contribution in [3.8, 4) is 0 Å². The van der Waals surface area contributed by atoms with Crippen LogP contribution in [-0.4, -0.2) is 25.7 Å². The molecule has 1 N–H and O–H groups in total. The average molecular weight is 399 g/mol. The van der Waals surface area contributed by atoms with E-state index in [9.17, 15) is 13.0 Å². The van der Waals surface area contributed by atoms with Gasteiger partial charge >= 0.3 is 0 Å². The lowest BCUT2D eigenvalue weighted by Crippen LogP contribution is -2.11. The number of hydrogen-bond acceptors (Lipinski definition) is 2. The molecule has 1 aliphatic carbocycles. The Morgan fingerprint density at radius 1 is 1.52 bits per heavy atom. The molecule has 1 heterocycles. The first-order chi connectivity index (χ1) is 9.97. The van der Waals surface area contributed by atoms with Crippen molar-refractivity contribution < 1.29 is 13.0 Å². The summed E-state index contributed by atoms with van der Waals surface area (Å²) in [5.74, 6) is 0.280. The molecular weight excluding hydrogens is 388 g/mol. The van der Waals surface area contributed by atoms with Crippen LogP contribution in [-0.2, 0) is 17.5 Å². The predicted octanol–water partition coefficient (Wildman–Crippen LogP) is 3.96. The normalized spacial score (nSPS) is 16.6. The molecule has 1 fully saturated rings. The highest BCUT2D eigenvalue weighted by atomic mass is 79.9. The third kappa shape index (κ3) is 3.07. The van der Waals surface area contributed by atoms with Crippen LogP contribution in [0.5, 0.6) is 0 Å². The van der Waals surface area contributed by atoms with E-state index in [1.807, 2.05) is 0 Å². The summed E-state index contributed by atoms with van der Waals surface area (Å²) >= 11 is 9.49. The van der Waals surface area contributed by atoms with Gasteiger partial charge < -0.3 is 0 Å². The topological polar surface area (TPSA) is 46.9 Å². The first-order valence-corrected chi connectivity index (χ1v) is 8.65. The molecule has 9 heteroatoms. The van der Waals surface area contributed by atoms with Crippen LogP contribution in [0.4, 0.5) is 14.6 Å². The predicted molar refractivity (Wildman–Crippen MR) is 83.2 cm³/mol. The van der Waals surface area contributed by atoms with E-state index in [0.717, 1.165) is 12.8 Å². The Morgan fingerprint density at radius 3 is 2.86 bits per heavy atom. The number of benzene rings is 1. The minimum atomic E-state index is -2.54. The largest absolute Gasteiger partial charge is 0.287 e. The molecule has 114 valence electrons. The summed E-state index contributed by atoms with van der Waals surface area (Å²) in [5.41, 5.74) is 0.470. The number of anilines is 1. The molecule has 1 aromatic heterocycles. The number of halogens is 4. The highest BCUT2D eigenvalue weighted by Crippen LogP contribution is 2.36. The van der Waals surface area contributed by atoms with Gasteiger partial charge in [0.05, 0.1) is 21.2 Å². The van der Waals surface area contributed by atoms with Crippen molar-refractivity contribution in [1.29, 1.82) is 0 Å². The Kier molecular flexibility index (Phi) is 4.20. The summed E-state index contributed by atoms with van der Waals surface area (Å²) in [6.45, 7) is -0.548. The second-order valence-electron chi connectivity index (χ2n) is 4.77. The standard InChI is InChI=1S/C12H11BrClF2N3OS/c13-7-3-4-8(14)10-11(7)19(5-9(15)16)17-12(10)18-21(20)6-1-2-6/h3-4,6,9H,1-2,5H2,(H,17,18). The van der Waals surface area contributed by atoms with Crippen molar-refractivity contribution in [2.45, 2.75) is 31.1 Å². The van der Waals surface area contributed by atoms with E-state index in [1.165, 1.54) is 4.68 Å². The van der Waals surface area contributed by atoms with Gasteiger partial charge in [-0.15, -0.1) is 0 Å². The first-order valence-electron chi connectivity index (χ1n) is 6.27. The van der Waals surface area contributed by atoms with Crippen LogP contribution in [0, 0.1) is 0 Å². The number of nitrogens with one attached hydrogen (secondary N) is 1. The zero-order valence-electron chi connectivity index (χ0n) is 10.7. The molecule has 21 heavy (non-hydrogen) atoms. The minimum absolute atomic E-state index is 0.103. The molecule has 0 spiro atoms. The minimum Gasteiger partial charge on any atom is -0.287 e. The van der Waals surface area contributed by atoms with Gasteiger partial charge in [0.1, 0.15) is 17.5 Å². The Hall–Kier alpha value is -0.730. The van der Waals surface area contributed by atoms with Crippen LogP contribution in [0.15, 0.2) is 16.6 Å². The van der Waals surface area contributed by atoms with Crippen molar-refractivity contribution in [1.82, 2.24) is 9.78 Å². The maximum Gasteiger partial charge on any atom is 0.257 e. The summed E-state index contributed by atoms with van der Waals surface area (Å²) < 4.78 is 42.0. The lowest BCUT2D eigenvalue weighted by atomic mass is 10.2. The fourth-order valence-electron chi connectivity index (χ4n) is 2.03. The number of hydrogen-bond donors (Lipinski definition) is 1. The summed E-state index contributed by atoms with van der Waals surface area (Å²) in [5, 5.41) is 5.10. The van der Waals surface area contributed by atoms with Gasteiger partial charge in [-0.2, -0.15) is 5.10 Å². The molecule has 0 bridgehead atoms. The number of aromatic nitrogens is 2. The van der Waals surface area contributed by atoms with E-state index in [-0.39, 0.29) is 11.1 Å². The van der Waals surface area contributed by atoms with E-state index in [1.54, 1.807) is 12.1 Å². The average Bonchev–Trinajstić information content (AvgIpc) is 3.19. The fraction of sp³-hybridized carbons (Fsp3) is 0.417. The fourth-order valence-corrected chi connectivity index (χ4v) is 3.88. The quantitative estimate of drug-likeness (QED) is 0.829. The van der Waals surface area contributed by atoms with Gasteiger partial charge in [-0.05, 0) is 40.9 Å². The van der Waals surface area contributed by atoms with Crippen LogP contribution in [0.2, 0.25) is 5.02 Å². The van der Waals surface area contributed by atoms with Crippen LogP contribution in [0.1, 0.15) is 12.8 Å². The molecule has 4 nitrogen and oxygen atoms in total. The number of nitrogens with zero attached hydrogens (tertiary/aromatic N) is 2. The van der Waals surface area contributed by atoms with Crippen molar-refractivity contribution in [3.63, 3.8) is 0 Å². The Bertz CT molecular complexity index is 720. The summed E-state index contributed by atoms with van der Waals surface area (Å²) in [4.78, 5) is 0. The molecule has 1 unspecified atom stereocenters. The number of alkyl halides is 2. The van der Waals surface area contributed by atoms with Crippen molar-refractivity contribution in [2.24, 2.45) is 0 Å². The Labute approximate surface area is 135 Å². The van der Waals surface area contributed by atoms with E-state index in [2.05, 4.69) is 25.8 Å². The van der Waals surface area contributed by atoms with Gasteiger partial charge in [0.25, 0.3) is 6.43 Å². The Balaban J connectivity index is 2.10.